The van der Waals surface area contributed by atoms with Crippen molar-refractivity contribution in [1.82, 2.24) is 0 Å². The van der Waals surface area contributed by atoms with E-state index in [2.05, 4.69) is 0 Å². The molecule has 0 bridgehead atoms. The third-order valence-electron chi connectivity index (χ3n) is 2.42. The Kier molecular flexibility index (Phi) is 3.47. The van der Waals surface area contributed by atoms with Gasteiger partial charge in [0.25, 0.3) is 0 Å². The van der Waals surface area contributed by atoms with Crippen LogP contribution in [0.1, 0.15) is 5.56 Å². The molecule has 0 N–H and O–H groups in total. The molecule has 0 spiro atoms. The second-order valence-electron chi connectivity index (χ2n) is 3.38. The van der Waals surface area contributed by atoms with Crippen LogP contribution in [0.25, 0.3) is 11.1 Å². The molecule has 2 rings (SSSR count). The first-order valence-corrected chi connectivity index (χ1v) is 5.58. The van der Waals surface area contributed by atoms with Crippen molar-refractivity contribution in [2.24, 2.45) is 0 Å². The van der Waals surface area contributed by atoms with Crippen LogP contribution in [-0.2, 0) is 6.67 Å². The molecule has 0 radical (unpaired) electrons. The zero-order valence-corrected chi connectivity index (χ0v) is 9.89. The minimum atomic E-state index is -0.597. The lowest BCUT2D eigenvalue weighted by Crippen LogP contribution is -1.88. The minimum Gasteiger partial charge on any atom is -0.246 e. The van der Waals surface area contributed by atoms with E-state index in [1.165, 1.54) is 0 Å². The molecular weight excluding hydrogens is 246 g/mol. The molecule has 0 fully saturated rings. The van der Waals surface area contributed by atoms with E-state index < -0.39 is 6.67 Å². The highest BCUT2D eigenvalue weighted by molar-refractivity contribution is 6.34. The summed E-state index contributed by atoms with van der Waals surface area (Å²) in [5.41, 5.74) is 2.04. The van der Waals surface area contributed by atoms with Crippen LogP contribution in [0.4, 0.5) is 4.39 Å². The molecule has 82 valence electrons. The van der Waals surface area contributed by atoms with Crippen LogP contribution in [-0.4, -0.2) is 0 Å². The highest BCUT2D eigenvalue weighted by Gasteiger charge is 2.10. The zero-order chi connectivity index (χ0) is 11.5. The van der Waals surface area contributed by atoms with Crippen molar-refractivity contribution < 1.29 is 4.39 Å². The Morgan fingerprint density at radius 2 is 1.44 bits per heavy atom. The maximum Gasteiger partial charge on any atom is 0.117 e. The summed E-state index contributed by atoms with van der Waals surface area (Å²) < 4.78 is 12.9. The lowest BCUT2D eigenvalue weighted by atomic mass is 10.0. The molecule has 0 saturated heterocycles. The lowest BCUT2D eigenvalue weighted by molar-refractivity contribution is 0.486. The molecule has 2 aromatic carbocycles. The molecule has 0 aliphatic carbocycles. The van der Waals surface area contributed by atoms with Crippen LogP contribution in [0.5, 0.6) is 0 Å². The highest BCUT2D eigenvalue weighted by atomic mass is 35.5. The van der Waals surface area contributed by atoms with Crippen molar-refractivity contribution in [3.8, 4) is 11.1 Å². The molecule has 0 aliphatic heterocycles. The lowest BCUT2D eigenvalue weighted by Gasteiger charge is -2.10. The third kappa shape index (κ3) is 2.06. The summed E-state index contributed by atoms with van der Waals surface area (Å²) in [4.78, 5) is 0. The van der Waals surface area contributed by atoms with E-state index in [0.717, 1.165) is 11.1 Å². The molecule has 3 heteroatoms. The fraction of sp³-hybridized carbons (Fsp3) is 0.0769. The standard InChI is InChI=1S/C13H9Cl2F/c14-12-6-2-1-4-10(12)9-5-3-7-13(15)11(9)8-16/h1-7H,8H2. The van der Waals surface area contributed by atoms with Gasteiger partial charge in [-0.05, 0) is 17.7 Å². The number of alkyl halides is 1. The van der Waals surface area contributed by atoms with Gasteiger partial charge in [0.1, 0.15) is 6.67 Å². The van der Waals surface area contributed by atoms with E-state index in [9.17, 15) is 4.39 Å². The molecule has 0 aliphatic rings. The Labute approximate surface area is 104 Å². The first-order chi connectivity index (χ1) is 7.74. The van der Waals surface area contributed by atoms with Gasteiger partial charge in [0, 0.05) is 21.2 Å². The normalized spacial score (nSPS) is 10.4. The SMILES string of the molecule is FCc1c(Cl)cccc1-c1ccccc1Cl. The van der Waals surface area contributed by atoms with Gasteiger partial charge in [0.15, 0.2) is 0 Å². The topological polar surface area (TPSA) is 0 Å². The fourth-order valence-corrected chi connectivity index (χ4v) is 2.09. The summed E-state index contributed by atoms with van der Waals surface area (Å²) in [7, 11) is 0. The van der Waals surface area contributed by atoms with Gasteiger partial charge in [-0.25, -0.2) is 4.39 Å². The number of hydrogen-bond acceptors (Lipinski definition) is 0. The smallest absolute Gasteiger partial charge is 0.117 e. The average molecular weight is 255 g/mol. The molecule has 0 heterocycles. The highest BCUT2D eigenvalue weighted by Crippen LogP contribution is 2.33. The molecule has 0 saturated carbocycles. The van der Waals surface area contributed by atoms with Crippen molar-refractivity contribution in [2.45, 2.75) is 6.67 Å². The van der Waals surface area contributed by atoms with E-state index in [1.807, 2.05) is 24.3 Å². The maximum absolute atomic E-state index is 12.9. The Morgan fingerprint density at radius 1 is 0.812 bits per heavy atom. The van der Waals surface area contributed by atoms with E-state index in [4.69, 9.17) is 23.2 Å². The summed E-state index contributed by atoms with van der Waals surface area (Å²) in [5.74, 6) is 0. The number of hydrogen-bond donors (Lipinski definition) is 0. The van der Waals surface area contributed by atoms with Crippen LogP contribution in [0.2, 0.25) is 10.0 Å². The maximum atomic E-state index is 12.9. The number of rotatable bonds is 2. The molecule has 0 nitrogen and oxygen atoms in total. The van der Waals surface area contributed by atoms with Gasteiger partial charge in [0.05, 0.1) is 0 Å². The molecule has 0 unspecified atom stereocenters. The largest absolute Gasteiger partial charge is 0.246 e. The second-order valence-corrected chi connectivity index (χ2v) is 4.19. The quantitative estimate of drug-likeness (QED) is 0.697. The van der Waals surface area contributed by atoms with E-state index in [0.29, 0.717) is 15.6 Å². The van der Waals surface area contributed by atoms with Crippen LogP contribution in [0, 0.1) is 0 Å². The van der Waals surface area contributed by atoms with Crippen LogP contribution < -0.4 is 0 Å². The van der Waals surface area contributed by atoms with Crippen molar-refractivity contribution in [2.75, 3.05) is 0 Å². The molecule has 0 atom stereocenters. The van der Waals surface area contributed by atoms with E-state index in [-0.39, 0.29) is 0 Å². The Hall–Kier alpha value is -1.05. The third-order valence-corrected chi connectivity index (χ3v) is 3.10. The molecule has 0 amide bonds. The van der Waals surface area contributed by atoms with Gasteiger partial charge >= 0.3 is 0 Å². The zero-order valence-electron chi connectivity index (χ0n) is 8.38. The number of benzene rings is 2. The second kappa shape index (κ2) is 4.86. The van der Waals surface area contributed by atoms with Crippen molar-refractivity contribution in [1.29, 1.82) is 0 Å². The minimum absolute atomic E-state index is 0.430. The summed E-state index contributed by atoms with van der Waals surface area (Å²) in [5, 5.41) is 1.03. The monoisotopic (exact) mass is 254 g/mol. The fourth-order valence-electron chi connectivity index (χ4n) is 1.63. The summed E-state index contributed by atoms with van der Waals surface area (Å²) in [6.45, 7) is -0.597. The summed E-state index contributed by atoms with van der Waals surface area (Å²) >= 11 is 12.0. The van der Waals surface area contributed by atoms with Gasteiger partial charge < -0.3 is 0 Å². The van der Waals surface area contributed by atoms with Crippen molar-refractivity contribution in [3.05, 3.63) is 58.1 Å². The Bertz CT molecular complexity index is 509. The van der Waals surface area contributed by atoms with Gasteiger partial charge in [0.2, 0.25) is 0 Å². The predicted molar refractivity (Wildman–Crippen MR) is 66.7 cm³/mol. The molecule has 0 aromatic heterocycles. The first kappa shape index (κ1) is 11.4. The van der Waals surface area contributed by atoms with Gasteiger partial charge in [-0.1, -0.05) is 53.5 Å². The Balaban J connectivity index is 2.65. The van der Waals surface area contributed by atoms with Gasteiger partial charge in [-0.3, -0.25) is 0 Å². The van der Waals surface area contributed by atoms with Crippen LogP contribution >= 0.6 is 23.2 Å². The summed E-state index contributed by atoms with van der Waals surface area (Å²) in [6.07, 6.45) is 0. The average Bonchev–Trinajstić information content (AvgIpc) is 2.29. The first-order valence-electron chi connectivity index (χ1n) is 4.82. The molecule has 2 aromatic rings. The number of halogens is 3. The summed E-state index contributed by atoms with van der Waals surface area (Å²) in [6, 6.07) is 12.6. The van der Waals surface area contributed by atoms with E-state index >= 15 is 0 Å². The van der Waals surface area contributed by atoms with E-state index in [1.54, 1.807) is 18.2 Å². The molecule has 16 heavy (non-hydrogen) atoms. The predicted octanol–water partition coefficient (Wildman–Crippen LogP) is 5.13. The van der Waals surface area contributed by atoms with Gasteiger partial charge in [-0.15, -0.1) is 0 Å². The van der Waals surface area contributed by atoms with Gasteiger partial charge in [-0.2, -0.15) is 0 Å². The molecular formula is C13H9Cl2F. The van der Waals surface area contributed by atoms with Crippen LogP contribution in [0.15, 0.2) is 42.5 Å². The van der Waals surface area contributed by atoms with Crippen molar-refractivity contribution in [3.63, 3.8) is 0 Å². The van der Waals surface area contributed by atoms with Crippen LogP contribution in [0.3, 0.4) is 0 Å². The van der Waals surface area contributed by atoms with Crippen molar-refractivity contribution >= 4 is 23.2 Å². The Morgan fingerprint density at radius 3 is 2.12 bits per heavy atom.